The van der Waals surface area contributed by atoms with Crippen molar-refractivity contribution in [2.24, 2.45) is 0 Å². The van der Waals surface area contributed by atoms with Gasteiger partial charge in [-0.2, -0.15) is 0 Å². The summed E-state index contributed by atoms with van der Waals surface area (Å²) in [6, 6.07) is 7.87. The molecule has 0 saturated carbocycles. The molecule has 0 aliphatic rings. The number of nitro groups is 1. The van der Waals surface area contributed by atoms with Crippen LogP contribution >= 0.6 is 11.6 Å². The van der Waals surface area contributed by atoms with Crippen molar-refractivity contribution in [1.82, 2.24) is 4.57 Å². The number of nitrogens with zero attached hydrogens (tertiary/aromatic N) is 2. The van der Waals surface area contributed by atoms with Gasteiger partial charge in [-0.25, -0.2) is 0 Å². The third kappa shape index (κ3) is 2.82. The maximum atomic E-state index is 11.9. The molecule has 0 unspecified atom stereocenters. The number of hydrogen-bond acceptors (Lipinski definition) is 3. The van der Waals surface area contributed by atoms with Crippen molar-refractivity contribution in [2.75, 3.05) is 0 Å². The van der Waals surface area contributed by atoms with Gasteiger partial charge in [0.2, 0.25) is 0 Å². The minimum atomic E-state index is -0.498. The van der Waals surface area contributed by atoms with Gasteiger partial charge in [-0.3, -0.25) is 14.9 Å². The Morgan fingerprint density at radius 1 is 1.37 bits per heavy atom. The number of aryl methyl sites for hydroxylation is 1. The normalized spacial score (nSPS) is 10.4. The molecule has 0 aliphatic carbocycles. The number of hydrogen-bond donors (Lipinski definition) is 0. The topological polar surface area (TPSA) is 65.1 Å². The maximum Gasteiger partial charge on any atom is 0.275 e. The molecule has 0 saturated heterocycles. The first-order valence-electron chi connectivity index (χ1n) is 5.58. The van der Waals surface area contributed by atoms with E-state index in [0.717, 1.165) is 0 Å². The average molecular weight is 279 g/mol. The quantitative estimate of drug-likeness (QED) is 0.640. The summed E-state index contributed by atoms with van der Waals surface area (Å²) in [4.78, 5) is 22.4. The molecule has 1 aromatic carbocycles. The van der Waals surface area contributed by atoms with E-state index in [1.54, 1.807) is 37.4 Å². The molecule has 1 aromatic heterocycles. The summed E-state index contributed by atoms with van der Waals surface area (Å²) in [7, 11) is 0. The molecule has 19 heavy (non-hydrogen) atoms. The van der Waals surface area contributed by atoms with E-state index in [2.05, 4.69) is 0 Å². The number of nitro benzene ring substituents is 1. The Hall–Kier alpha value is -2.14. The summed E-state index contributed by atoms with van der Waals surface area (Å²) in [5, 5.41) is 11.3. The van der Waals surface area contributed by atoms with Crippen LogP contribution in [-0.4, -0.2) is 9.49 Å². The Bertz CT molecular complexity index is 695. The van der Waals surface area contributed by atoms with Gasteiger partial charge < -0.3 is 4.57 Å². The van der Waals surface area contributed by atoms with E-state index in [9.17, 15) is 14.9 Å². The van der Waals surface area contributed by atoms with Gasteiger partial charge in [0.25, 0.3) is 11.2 Å². The molecule has 6 heteroatoms. The SMILES string of the molecule is Cc1cccn(Cc2ccc(Cl)cc2[N+](=O)[O-])c1=O. The highest BCUT2D eigenvalue weighted by Crippen LogP contribution is 2.23. The standard InChI is InChI=1S/C13H11ClN2O3/c1-9-3-2-6-15(13(9)17)8-10-4-5-11(14)7-12(10)16(18)19/h2-7H,8H2,1H3. The summed E-state index contributed by atoms with van der Waals surface area (Å²) in [5.41, 5.74) is 0.800. The Balaban J connectivity index is 2.47. The molecule has 0 aliphatic heterocycles. The largest absolute Gasteiger partial charge is 0.311 e. The van der Waals surface area contributed by atoms with E-state index in [0.29, 0.717) is 16.1 Å². The molecule has 0 radical (unpaired) electrons. The first kappa shape index (κ1) is 13.3. The average Bonchev–Trinajstić information content (AvgIpc) is 2.36. The zero-order valence-electron chi connectivity index (χ0n) is 10.2. The highest BCUT2D eigenvalue weighted by molar-refractivity contribution is 6.30. The van der Waals surface area contributed by atoms with E-state index in [-0.39, 0.29) is 17.8 Å². The zero-order valence-corrected chi connectivity index (χ0v) is 10.9. The third-order valence-electron chi connectivity index (χ3n) is 2.80. The van der Waals surface area contributed by atoms with Crippen molar-refractivity contribution >= 4 is 17.3 Å². The van der Waals surface area contributed by atoms with Crippen LogP contribution in [0.4, 0.5) is 5.69 Å². The lowest BCUT2D eigenvalue weighted by atomic mass is 10.1. The Morgan fingerprint density at radius 3 is 2.79 bits per heavy atom. The lowest BCUT2D eigenvalue weighted by molar-refractivity contribution is -0.385. The van der Waals surface area contributed by atoms with Crippen LogP contribution in [-0.2, 0) is 6.54 Å². The first-order valence-corrected chi connectivity index (χ1v) is 5.95. The van der Waals surface area contributed by atoms with Gasteiger partial charge >= 0.3 is 0 Å². The summed E-state index contributed by atoms with van der Waals surface area (Å²) in [5.74, 6) is 0. The molecule has 2 rings (SSSR count). The Morgan fingerprint density at radius 2 is 2.11 bits per heavy atom. The second kappa shape index (κ2) is 5.24. The van der Waals surface area contributed by atoms with Crippen molar-refractivity contribution < 1.29 is 4.92 Å². The van der Waals surface area contributed by atoms with Crippen molar-refractivity contribution in [2.45, 2.75) is 13.5 Å². The summed E-state index contributed by atoms with van der Waals surface area (Å²) in [6.07, 6.45) is 1.60. The van der Waals surface area contributed by atoms with Crippen LogP contribution in [0.25, 0.3) is 0 Å². The molecule has 0 atom stereocenters. The Kier molecular flexibility index (Phi) is 3.66. The highest BCUT2D eigenvalue weighted by Gasteiger charge is 2.15. The van der Waals surface area contributed by atoms with Gasteiger partial charge in [-0.1, -0.05) is 17.7 Å². The number of rotatable bonds is 3. The number of pyridine rings is 1. The molecule has 98 valence electrons. The minimum Gasteiger partial charge on any atom is -0.311 e. The number of benzene rings is 1. The van der Waals surface area contributed by atoms with Crippen LogP contribution in [0.15, 0.2) is 41.3 Å². The molecule has 5 nitrogen and oxygen atoms in total. The van der Waals surface area contributed by atoms with Gasteiger partial charge in [0.15, 0.2) is 0 Å². The van der Waals surface area contributed by atoms with Gasteiger partial charge in [-0.15, -0.1) is 0 Å². The van der Waals surface area contributed by atoms with Crippen LogP contribution in [0.1, 0.15) is 11.1 Å². The molecule has 0 spiro atoms. The smallest absolute Gasteiger partial charge is 0.275 e. The van der Waals surface area contributed by atoms with Gasteiger partial charge in [0.05, 0.1) is 11.5 Å². The fourth-order valence-electron chi connectivity index (χ4n) is 1.81. The lowest BCUT2D eigenvalue weighted by Crippen LogP contribution is -2.22. The molecule has 2 aromatic rings. The van der Waals surface area contributed by atoms with Crippen molar-refractivity contribution in [3.8, 4) is 0 Å². The van der Waals surface area contributed by atoms with Gasteiger partial charge in [-0.05, 0) is 25.1 Å². The summed E-state index contributed by atoms with van der Waals surface area (Å²) in [6.45, 7) is 1.85. The third-order valence-corrected chi connectivity index (χ3v) is 3.03. The first-order chi connectivity index (χ1) is 8.99. The van der Waals surface area contributed by atoms with E-state index in [1.807, 2.05) is 0 Å². The van der Waals surface area contributed by atoms with Crippen molar-refractivity contribution in [3.63, 3.8) is 0 Å². The van der Waals surface area contributed by atoms with E-state index >= 15 is 0 Å². The second-order valence-electron chi connectivity index (χ2n) is 4.15. The molecular formula is C13H11ClN2O3. The second-order valence-corrected chi connectivity index (χ2v) is 4.59. The van der Waals surface area contributed by atoms with Gasteiger partial charge in [0.1, 0.15) is 0 Å². The van der Waals surface area contributed by atoms with Crippen LogP contribution in [0.5, 0.6) is 0 Å². The van der Waals surface area contributed by atoms with E-state index in [1.165, 1.54) is 10.6 Å². The van der Waals surface area contributed by atoms with Gasteiger partial charge in [0, 0.05) is 28.4 Å². The van der Waals surface area contributed by atoms with Crippen LogP contribution in [0.3, 0.4) is 0 Å². The summed E-state index contributed by atoms with van der Waals surface area (Å²) >= 11 is 5.75. The Labute approximate surface area is 114 Å². The maximum absolute atomic E-state index is 11.9. The summed E-state index contributed by atoms with van der Waals surface area (Å²) < 4.78 is 1.44. The fourth-order valence-corrected chi connectivity index (χ4v) is 1.97. The zero-order chi connectivity index (χ0) is 14.0. The number of aromatic nitrogens is 1. The molecular weight excluding hydrogens is 268 g/mol. The van der Waals surface area contributed by atoms with Crippen LogP contribution < -0.4 is 5.56 Å². The lowest BCUT2D eigenvalue weighted by Gasteiger charge is -2.07. The molecule has 0 N–H and O–H groups in total. The van der Waals surface area contributed by atoms with Crippen molar-refractivity contribution in [1.29, 1.82) is 0 Å². The monoisotopic (exact) mass is 278 g/mol. The minimum absolute atomic E-state index is 0.0825. The highest BCUT2D eigenvalue weighted by atomic mass is 35.5. The molecule has 0 amide bonds. The predicted molar refractivity (Wildman–Crippen MR) is 72.6 cm³/mol. The van der Waals surface area contributed by atoms with Crippen molar-refractivity contribution in [3.05, 3.63) is 73.1 Å². The predicted octanol–water partition coefficient (Wildman–Crippen LogP) is 2.77. The van der Waals surface area contributed by atoms with E-state index < -0.39 is 4.92 Å². The fraction of sp³-hybridized carbons (Fsp3) is 0.154. The number of halogens is 1. The molecule has 0 fully saturated rings. The van der Waals surface area contributed by atoms with Crippen LogP contribution in [0, 0.1) is 17.0 Å². The van der Waals surface area contributed by atoms with Crippen LogP contribution in [0.2, 0.25) is 5.02 Å². The molecule has 1 heterocycles. The van der Waals surface area contributed by atoms with E-state index in [4.69, 9.17) is 11.6 Å². The molecule has 0 bridgehead atoms.